The molecule has 0 fully saturated rings. The number of hydrogen-bond acceptors (Lipinski definition) is 3. The molecule has 0 aliphatic rings. The van der Waals surface area contributed by atoms with Crippen molar-refractivity contribution < 1.29 is 14.4 Å². The van der Waals surface area contributed by atoms with E-state index in [4.69, 9.17) is 4.84 Å². The van der Waals surface area contributed by atoms with Gasteiger partial charge in [0.2, 0.25) is 5.91 Å². The number of nitrogens with one attached hydrogen (secondary N) is 1. The molecule has 0 rings (SSSR count). The Bertz CT molecular complexity index is 286. The van der Waals surface area contributed by atoms with E-state index in [1.807, 2.05) is 0 Å². The van der Waals surface area contributed by atoms with E-state index in [0.29, 0.717) is 12.2 Å². The van der Waals surface area contributed by atoms with Gasteiger partial charge in [0, 0.05) is 19.7 Å². The van der Waals surface area contributed by atoms with Crippen LogP contribution in [-0.2, 0) is 14.4 Å². The second-order valence-corrected chi connectivity index (χ2v) is 3.85. The summed E-state index contributed by atoms with van der Waals surface area (Å²) in [6.07, 6.45) is 3.29. The molecule has 0 saturated carbocycles. The van der Waals surface area contributed by atoms with E-state index in [-0.39, 0.29) is 11.8 Å². The lowest BCUT2D eigenvalue weighted by Crippen LogP contribution is -2.24. The van der Waals surface area contributed by atoms with Crippen LogP contribution in [0, 0.1) is 0 Å². The summed E-state index contributed by atoms with van der Waals surface area (Å²) in [6, 6.07) is 0. The molecular formula is C13H24N2O3. The zero-order valence-electron chi connectivity index (χ0n) is 11.8. The van der Waals surface area contributed by atoms with E-state index in [2.05, 4.69) is 25.6 Å². The van der Waals surface area contributed by atoms with E-state index < -0.39 is 0 Å². The summed E-state index contributed by atoms with van der Waals surface area (Å²) in [5.74, 6) is -0.305. The largest absolute Gasteiger partial charge is 0.345 e. The van der Waals surface area contributed by atoms with E-state index in [1.165, 1.54) is 11.0 Å². The summed E-state index contributed by atoms with van der Waals surface area (Å²) in [7, 11) is 3.37. The van der Waals surface area contributed by atoms with Crippen molar-refractivity contribution >= 4 is 11.8 Å². The zero-order chi connectivity index (χ0) is 14.6. The standard InChI is InChI=1S/C8H15NO2.C5H9NO/c1-4-5-6-11-9-8(10)7(2)3;1-4-5(7)6(2)3/h2,4-6H2,1,3H3,(H,9,10);4H,1H2,2-3H3. The van der Waals surface area contributed by atoms with Gasteiger partial charge in [-0.05, 0) is 19.4 Å². The summed E-state index contributed by atoms with van der Waals surface area (Å²) in [6.45, 7) is 11.0. The van der Waals surface area contributed by atoms with Gasteiger partial charge in [0.1, 0.15) is 0 Å². The van der Waals surface area contributed by atoms with Crippen LogP contribution in [0.5, 0.6) is 0 Å². The molecule has 0 unspecified atom stereocenters. The number of hydrogen-bond donors (Lipinski definition) is 1. The van der Waals surface area contributed by atoms with Gasteiger partial charge in [-0.2, -0.15) is 0 Å². The van der Waals surface area contributed by atoms with Crippen molar-refractivity contribution in [2.24, 2.45) is 0 Å². The zero-order valence-corrected chi connectivity index (χ0v) is 11.8. The van der Waals surface area contributed by atoms with Crippen molar-refractivity contribution in [3.63, 3.8) is 0 Å². The average molecular weight is 256 g/mol. The normalized spacial score (nSPS) is 8.67. The van der Waals surface area contributed by atoms with Crippen LogP contribution in [0.2, 0.25) is 0 Å². The summed E-state index contributed by atoms with van der Waals surface area (Å²) in [5, 5.41) is 0. The summed E-state index contributed by atoms with van der Waals surface area (Å²) < 4.78 is 0. The first-order valence-electron chi connectivity index (χ1n) is 5.78. The molecule has 5 nitrogen and oxygen atoms in total. The molecule has 0 spiro atoms. The lowest BCUT2D eigenvalue weighted by molar-refractivity contribution is -0.129. The van der Waals surface area contributed by atoms with Crippen molar-refractivity contribution in [1.29, 1.82) is 0 Å². The first kappa shape index (κ1) is 18.7. The second-order valence-electron chi connectivity index (χ2n) is 3.85. The van der Waals surface area contributed by atoms with Gasteiger partial charge in [0.05, 0.1) is 6.61 Å². The maximum atomic E-state index is 10.8. The van der Waals surface area contributed by atoms with Crippen LogP contribution < -0.4 is 5.48 Å². The molecule has 18 heavy (non-hydrogen) atoms. The highest BCUT2D eigenvalue weighted by Gasteiger charge is 1.98. The Balaban J connectivity index is 0. The molecule has 0 aliphatic carbocycles. The van der Waals surface area contributed by atoms with E-state index >= 15 is 0 Å². The highest BCUT2D eigenvalue weighted by molar-refractivity contribution is 5.91. The summed E-state index contributed by atoms with van der Waals surface area (Å²) >= 11 is 0. The fraction of sp³-hybridized carbons (Fsp3) is 0.538. The molecule has 0 aromatic rings. The molecule has 0 aromatic heterocycles. The van der Waals surface area contributed by atoms with E-state index in [0.717, 1.165) is 12.8 Å². The first-order valence-corrected chi connectivity index (χ1v) is 5.78. The monoisotopic (exact) mass is 256 g/mol. The lowest BCUT2D eigenvalue weighted by Gasteiger charge is -2.03. The Labute approximate surface area is 109 Å². The predicted octanol–water partition coefficient (Wildman–Crippen LogP) is 1.67. The molecule has 0 saturated heterocycles. The Morgan fingerprint density at radius 3 is 2.22 bits per heavy atom. The SMILES string of the molecule is C=C(C)C(=O)NOCCCC.C=CC(=O)N(C)C. The fourth-order valence-corrected chi connectivity index (χ4v) is 0.603. The minimum absolute atomic E-state index is 0.0556. The molecule has 0 radical (unpaired) electrons. The maximum Gasteiger partial charge on any atom is 0.269 e. The third-order valence-electron chi connectivity index (χ3n) is 1.77. The van der Waals surface area contributed by atoms with Crippen LogP contribution in [-0.4, -0.2) is 37.4 Å². The Kier molecular flexibility index (Phi) is 12.3. The number of carbonyl (C=O) groups excluding carboxylic acids is 2. The first-order chi connectivity index (χ1) is 8.36. The van der Waals surface area contributed by atoms with Gasteiger partial charge in [-0.25, -0.2) is 5.48 Å². The number of unbranched alkanes of at least 4 members (excludes halogenated alkanes) is 1. The van der Waals surface area contributed by atoms with Gasteiger partial charge < -0.3 is 4.90 Å². The van der Waals surface area contributed by atoms with E-state index in [9.17, 15) is 9.59 Å². The van der Waals surface area contributed by atoms with Gasteiger partial charge in [-0.15, -0.1) is 0 Å². The quantitative estimate of drug-likeness (QED) is 0.447. The Morgan fingerprint density at radius 2 is 1.94 bits per heavy atom. The number of likely N-dealkylation sites (N-methyl/N-ethyl adjacent to an activating group) is 1. The smallest absolute Gasteiger partial charge is 0.269 e. The van der Waals surface area contributed by atoms with Gasteiger partial charge >= 0.3 is 0 Å². The molecule has 1 N–H and O–H groups in total. The Hall–Kier alpha value is -1.62. The minimum atomic E-state index is -0.249. The number of carbonyl (C=O) groups is 2. The summed E-state index contributed by atoms with van der Waals surface area (Å²) in [4.78, 5) is 27.4. The van der Waals surface area contributed by atoms with Gasteiger partial charge in [0.25, 0.3) is 5.91 Å². The molecule has 0 atom stereocenters. The number of nitrogens with zero attached hydrogens (tertiary/aromatic N) is 1. The third kappa shape index (κ3) is 12.4. The number of rotatable bonds is 6. The van der Waals surface area contributed by atoms with Crippen molar-refractivity contribution in [1.82, 2.24) is 10.4 Å². The highest BCUT2D eigenvalue weighted by atomic mass is 16.6. The lowest BCUT2D eigenvalue weighted by atomic mass is 10.3. The maximum absolute atomic E-state index is 10.8. The molecule has 2 amide bonds. The van der Waals surface area contributed by atoms with Crippen LogP contribution in [0.1, 0.15) is 26.7 Å². The topological polar surface area (TPSA) is 58.6 Å². The van der Waals surface area contributed by atoms with Gasteiger partial charge in [-0.1, -0.05) is 26.5 Å². The molecule has 0 aliphatic heterocycles. The summed E-state index contributed by atoms with van der Waals surface area (Å²) in [5.41, 5.74) is 2.74. The fourth-order valence-electron chi connectivity index (χ4n) is 0.603. The molecule has 0 bridgehead atoms. The van der Waals surface area contributed by atoms with Crippen molar-refractivity contribution in [3.8, 4) is 0 Å². The van der Waals surface area contributed by atoms with Crippen LogP contribution in [0.15, 0.2) is 24.8 Å². The third-order valence-corrected chi connectivity index (χ3v) is 1.77. The molecule has 104 valence electrons. The van der Waals surface area contributed by atoms with Crippen LogP contribution >= 0.6 is 0 Å². The molecular weight excluding hydrogens is 232 g/mol. The molecule has 0 aromatic carbocycles. The number of amides is 2. The number of hydroxylamine groups is 1. The van der Waals surface area contributed by atoms with Crippen molar-refractivity contribution in [2.75, 3.05) is 20.7 Å². The Morgan fingerprint density at radius 1 is 1.39 bits per heavy atom. The van der Waals surface area contributed by atoms with Gasteiger partial charge in [0.15, 0.2) is 0 Å². The minimum Gasteiger partial charge on any atom is -0.345 e. The second kappa shape index (κ2) is 11.9. The van der Waals surface area contributed by atoms with Gasteiger partial charge in [-0.3, -0.25) is 14.4 Å². The molecule has 0 heterocycles. The van der Waals surface area contributed by atoms with E-state index in [1.54, 1.807) is 21.0 Å². The van der Waals surface area contributed by atoms with Crippen LogP contribution in [0.4, 0.5) is 0 Å². The van der Waals surface area contributed by atoms with Crippen LogP contribution in [0.3, 0.4) is 0 Å². The molecule has 5 heteroatoms. The van der Waals surface area contributed by atoms with Crippen molar-refractivity contribution in [3.05, 3.63) is 24.8 Å². The average Bonchev–Trinajstić information content (AvgIpc) is 2.33. The van der Waals surface area contributed by atoms with Crippen molar-refractivity contribution in [2.45, 2.75) is 26.7 Å². The van der Waals surface area contributed by atoms with Crippen LogP contribution in [0.25, 0.3) is 0 Å². The predicted molar refractivity (Wildman–Crippen MR) is 72.7 cm³/mol. The highest BCUT2D eigenvalue weighted by Crippen LogP contribution is 1.88.